The molecule has 2 heterocycles. The summed E-state index contributed by atoms with van der Waals surface area (Å²) >= 11 is 0. The van der Waals surface area contributed by atoms with Crippen LogP contribution in [-0.2, 0) is 0 Å². The average Bonchev–Trinajstić information content (AvgIpc) is 3.20. The van der Waals surface area contributed by atoms with Crippen LogP contribution in [0.15, 0.2) is 30.6 Å². The van der Waals surface area contributed by atoms with Crippen molar-refractivity contribution in [2.45, 2.75) is 43.9 Å². The first-order valence-corrected chi connectivity index (χ1v) is 10.7. The van der Waals surface area contributed by atoms with Crippen molar-refractivity contribution < 1.29 is 14.6 Å². The molecule has 11 heteroatoms. The van der Waals surface area contributed by atoms with Gasteiger partial charge in [0.15, 0.2) is 11.5 Å². The molecule has 0 unspecified atom stereocenters. The molecule has 11 nitrogen and oxygen atoms in total. The lowest BCUT2D eigenvalue weighted by Gasteiger charge is -2.36. The van der Waals surface area contributed by atoms with Crippen LogP contribution in [0.4, 0.5) is 11.8 Å². The monoisotopic (exact) mass is 440 g/mol. The van der Waals surface area contributed by atoms with E-state index in [9.17, 15) is 9.90 Å². The lowest BCUT2D eigenvalue weighted by atomic mass is 9.87. The van der Waals surface area contributed by atoms with E-state index in [2.05, 4.69) is 20.3 Å². The summed E-state index contributed by atoms with van der Waals surface area (Å²) in [5.74, 6) is 0.661. The molecule has 170 valence electrons. The zero-order valence-corrected chi connectivity index (χ0v) is 17.6. The van der Waals surface area contributed by atoms with E-state index >= 15 is 0 Å². The number of imidazole rings is 1. The molecule has 3 aromatic rings. The van der Waals surface area contributed by atoms with Gasteiger partial charge in [-0.1, -0.05) is 0 Å². The molecule has 0 spiro atoms. The summed E-state index contributed by atoms with van der Waals surface area (Å²) in [7, 11) is 0. The molecule has 4 rings (SSSR count). The zero-order valence-electron chi connectivity index (χ0n) is 17.6. The van der Waals surface area contributed by atoms with Crippen LogP contribution in [0.5, 0.6) is 5.75 Å². The van der Waals surface area contributed by atoms with Gasteiger partial charge in [0.2, 0.25) is 5.95 Å². The Labute approximate surface area is 185 Å². The fourth-order valence-corrected chi connectivity index (χ4v) is 4.04. The number of amides is 1. The highest BCUT2D eigenvalue weighted by Gasteiger charge is 2.35. The van der Waals surface area contributed by atoms with Crippen molar-refractivity contribution in [1.82, 2.24) is 24.8 Å². The van der Waals surface area contributed by atoms with Crippen LogP contribution in [0.25, 0.3) is 11.2 Å². The number of nitrogens with one attached hydrogen (secondary N) is 1. The Kier molecular flexibility index (Phi) is 6.37. The van der Waals surface area contributed by atoms with E-state index in [1.807, 2.05) is 0 Å². The number of carbonyl (C=O) groups is 1. The van der Waals surface area contributed by atoms with Crippen molar-refractivity contribution in [3.8, 4) is 5.75 Å². The van der Waals surface area contributed by atoms with Gasteiger partial charge in [0.25, 0.3) is 5.91 Å². The maximum Gasteiger partial charge on any atom is 0.251 e. The van der Waals surface area contributed by atoms with Gasteiger partial charge >= 0.3 is 0 Å². The van der Waals surface area contributed by atoms with E-state index in [-0.39, 0.29) is 23.7 Å². The Balaban J connectivity index is 1.46. The molecule has 1 amide bonds. The van der Waals surface area contributed by atoms with Gasteiger partial charge in [-0.15, -0.1) is 0 Å². The summed E-state index contributed by atoms with van der Waals surface area (Å²) in [5.41, 5.74) is 18.5. The molecule has 3 atom stereocenters. The standard InChI is InChI=1S/C21H28N8O3/c22-9-2-10-32-13-7-5-12(6-8-13)20(31)26-14-3-1-4-15(17(14)30)29-11-25-16-18(23)27-21(24)28-19(16)29/h5-8,11,14-15,17,30H,1-4,9-10,22H2,(H,26,31)(H4,23,24,27,28)/t14-,15-,17-/m1/s1. The summed E-state index contributed by atoms with van der Waals surface area (Å²) in [6.07, 6.45) is 3.70. The van der Waals surface area contributed by atoms with Crippen LogP contribution in [0.2, 0.25) is 0 Å². The van der Waals surface area contributed by atoms with Crippen molar-refractivity contribution in [2.75, 3.05) is 24.6 Å². The first-order chi connectivity index (χ1) is 15.5. The molecule has 2 aromatic heterocycles. The third-order valence-electron chi connectivity index (χ3n) is 5.69. The molecule has 0 bridgehead atoms. The van der Waals surface area contributed by atoms with Crippen LogP contribution in [-0.4, -0.2) is 55.8 Å². The van der Waals surface area contributed by atoms with E-state index in [1.165, 1.54) is 0 Å². The molecule has 1 aliphatic carbocycles. The Morgan fingerprint density at radius 2 is 2.00 bits per heavy atom. The van der Waals surface area contributed by atoms with Gasteiger partial charge in [0, 0.05) is 5.56 Å². The fourth-order valence-electron chi connectivity index (χ4n) is 4.04. The summed E-state index contributed by atoms with van der Waals surface area (Å²) in [5, 5.41) is 14.0. The molecule has 1 fully saturated rings. The molecule has 8 N–H and O–H groups in total. The van der Waals surface area contributed by atoms with Crippen LogP contribution in [0, 0.1) is 0 Å². The number of aliphatic hydroxyl groups excluding tert-OH is 1. The number of nitrogens with two attached hydrogens (primary N) is 3. The lowest BCUT2D eigenvalue weighted by Crippen LogP contribution is -2.49. The van der Waals surface area contributed by atoms with Gasteiger partial charge < -0.3 is 36.9 Å². The summed E-state index contributed by atoms with van der Waals surface area (Å²) in [4.78, 5) is 25.2. The summed E-state index contributed by atoms with van der Waals surface area (Å²) in [6, 6.07) is 6.15. The van der Waals surface area contributed by atoms with Crippen molar-refractivity contribution >= 4 is 28.8 Å². The van der Waals surface area contributed by atoms with Crippen molar-refractivity contribution in [3.63, 3.8) is 0 Å². The highest BCUT2D eigenvalue weighted by Crippen LogP contribution is 2.32. The minimum atomic E-state index is -0.832. The van der Waals surface area contributed by atoms with E-state index < -0.39 is 12.1 Å². The first-order valence-electron chi connectivity index (χ1n) is 10.7. The lowest BCUT2D eigenvalue weighted by molar-refractivity contribution is 0.0410. The smallest absolute Gasteiger partial charge is 0.251 e. The van der Waals surface area contributed by atoms with Gasteiger partial charge in [0.1, 0.15) is 11.3 Å². The quantitative estimate of drug-likeness (QED) is 0.329. The maximum absolute atomic E-state index is 12.8. The number of anilines is 2. The fraction of sp³-hybridized carbons (Fsp3) is 0.429. The molecule has 1 aliphatic rings. The molecule has 0 radical (unpaired) electrons. The molecular weight excluding hydrogens is 412 g/mol. The number of nitrogen functional groups attached to an aromatic ring is 2. The van der Waals surface area contributed by atoms with E-state index in [4.69, 9.17) is 21.9 Å². The Bertz CT molecular complexity index is 1080. The summed E-state index contributed by atoms with van der Waals surface area (Å²) in [6.45, 7) is 1.09. The second-order valence-electron chi connectivity index (χ2n) is 7.87. The van der Waals surface area contributed by atoms with Gasteiger partial charge in [0.05, 0.1) is 31.1 Å². The molecule has 32 heavy (non-hydrogen) atoms. The number of rotatable bonds is 7. The largest absolute Gasteiger partial charge is 0.494 e. The molecule has 1 aromatic carbocycles. The van der Waals surface area contributed by atoms with Crippen LogP contribution >= 0.6 is 0 Å². The summed E-state index contributed by atoms with van der Waals surface area (Å²) < 4.78 is 7.33. The minimum Gasteiger partial charge on any atom is -0.494 e. The topological polar surface area (TPSA) is 180 Å². The number of hydrogen-bond donors (Lipinski definition) is 5. The molecule has 0 saturated heterocycles. The number of nitrogens with zero attached hydrogens (tertiary/aromatic N) is 4. The number of carbonyl (C=O) groups excluding carboxylic acids is 1. The van der Waals surface area contributed by atoms with Gasteiger partial charge in [-0.25, -0.2) is 4.98 Å². The maximum atomic E-state index is 12.8. The van der Waals surface area contributed by atoms with Gasteiger partial charge in [-0.05, 0) is 56.5 Å². The predicted molar refractivity (Wildman–Crippen MR) is 120 cm³/mol. The highest BCUT2D eigenvalue weighted by atomic mass is 16.5. The Morgan fingerprint density at radius 1 is 1.22 bits per heavy atom. The third-order valence-corrected chi connectivity index (χ3v) is 5.69. The average molecular weight is 441 g/mol. The molecular formula is C21H28N8O3. The zero-order chi connectivity index (χ0) is 22.7. The number of fused-ring (bicyclic) bond motifs is 1. The van der Waals surface area contributed by atoms with Crippen molar-refractivity contribution in [2.24, 2.45) is 5.73 Å². The second kappa shape index (κ2) is 9.37. The number of benzene rings is 1. The Morgan fingerprint density at radius 3 is 2.75 bits per heavy atom. The highest BCUT2D eigenvalue weighted by molar-refractivity contribution is 5.94. The number of hydrogen-bond acceptors (Lipinski definition) is 9. The number of ether oxygens (including phenoxy) is 1. The predicted octanol–water partition coefficient (Wildman–Crippen LogP) is 0.603. The van der Waals surface area contributed by atoms with Gasteiger partial charge in [-0.2, -0.15) is 9.97 Å². The molecule has 1 saturated carbocycles. The van der Waals surface area contributed by atoms with Crippen molar-refractivity contribution in [3.05, 3.63) is 36.2 Å². The van der Waals surface area contributed by atoms with Gasteiger partial charge in [-0.3, -0.25) is 4.79 Å². The number of aromatic nitrogens is 4. The van der Waals surface area contributed by atoms with Crippen LogP contribution in [0.1, 0.15) is 42.1 Å². The third kappa shape index (κ3) is 4.43. The SMILES string of the molecule is NCCCOc1ccc(C(=O)N[C@@H]2CCC[C@@H](n3cnc4c(N)nc(N)nc43)[C@@H]2O)cc1. The van der Waals surface area contributed by atoms with Crippen LogP contribution in [0.3, 0.4) is 0 Å². The first kappa shape index (κ1) is 21.8. The van der Waals surface area contributed by atoms with E-state index in [1.54, 1.807) is 35.2 Å². The van der Waals surface area contributed by atoms with E-state index in [0.29, 0.717) is 48.5 Å². The number of aliphatic hydroxyl groups is 1. The molecule has 0 aliphatic heterocycles. The van der Waals surface area contributed by atoms with E-state index in [0.717, 1.165) is 12.8 Å². The normalized spacial score (nSPS) is 20.9. The van der Waals surface area contributed by atoms with Crippen molar-refractivity contribution in [1.29, 1.82) is 0 Å². The van der Waals surface area contributed by atoms with Crippen LogP contribution < -0.4 is 27.3 Å². The second-order valence-corrected chi connectivity index (χ2v) is 7.87. The Hall–Kier alpha value is -3.44. The minimum absolute atomic E-state index is 0.0438.